The van der Waals surface area contributed by atoms with Gasteiger partial charge in [0.15, 0.2) is 11.5 Å². The lowest BCUT2D eigenvalue weighted by Gasteiger charge is -2.15. The number of para-hydroxylation sites is 2. The van der Waals surface area contributed by atoms with Crippen LogP contribution in [0.3, 0.4) is 0 Å². The molecule has 0 aliphatic carbocycles. The lowest BCUT2D eigenvalue weighted by molar-refractivity contribution is 0.407. The molecular formula is C19H24O5S. The van der Waals surface area contributed by atoms with Crippen LogP contribution < -0.4 is 4.74 Å². The molecule has 0 aromatic heterocycles. The maximum absolute atomic E-state index is 11.7. The van der Waals surface area contributed by atoms with Gasteiger partial charge in [0.1, 0.15) is 10.6 Å². The predicted octanol–water partition coefficient (Wildman–Crippen LogP) is 4.94. The molecule has 2 rings (SSSR count). The molecule has 0 saturated carbocycles. The largest absolute Gasteiger partial charge is 0.504 e. The van der Waals surface area contributed by atoms with Gasteiger partial charge in [0, 0.05) is 5.56 Å². The lowest BCUT2D eigenvalue weighted by atomic mass is 10.0. The van der Waals surface area contributed by atoms with Gasteiger partial charge in [-0.3, -0.25) is 4.55 Å². The van der Waals surface area contributed by atoms with Gasteiger partial charge >= 0.3 is 0 Å². The Hall–Kier alpha value is -2.05. The summed E-state index contributed by atoms with van der Waals surface area (Å²) in [6.07, 6.45) is 5.60. The standard InChI is InChI=1S/C19H24O5S/c1-2-3-4-5-6-10-15-17(13-9-14-19(15)25(21,22)23)24-18-12-8-7-11-16(18)20/h7-9,11-14,20H,2-6,10H2,1H3,(H,21,22,23). The van der Waals surface area contributed by atoms with Crippen molar-refractivity contribution < 1.29 is 22.8 Å². The highest BCUT2D eigenvalue weighted by molar-refractivity contribution is 7.85. The van der Waals surface area contributed by atoms with Crippen molar-refractivity contribution in [3.05, 3.63) is 48.0 Å². The van der Waals surface area contributed by atoms with Crippen molar-refractivity contribution in [3.8, 4) is 17.2 Å². The topological polar surface area (TPSA) is 83.8 Å². The summed E-state index contributed by atoms with van der Waals surface area (Å²) in [5.74, 6) is 0.531. The number of phenols is 1. The van der Waals surface area contributed by atoms with E-state index in [1.165, 1.54) is 18.2 Å². The first-order valence-electron chi connectivity index (χ1n) is 8.48. The van der Waals surface area contributed by atoms with Crippen molar-refractivity contribution >= 4 is 10.1 Å². The second kappa shape index (κ2) is 8.87. The third kappa shape index (κ3) is 5.47. The number of aromatic hydroxyl groups is 1. The minimum absolute atomic E-state index is 0.0337. The van der Waals surface area contributed by atoms with Gasteiger partial charge in [-0.15, -0.1) is 0 Å². The van der Waals surface area contributed by atoms with Crippen LogP contribution in [0.25, 0.3) is 0 Å². The molecule has 0 amide bonds. The van der Waals surface area contributed by atoms with Crippen LogP contribution in [0, 0.1) is 0 Å². The average Bonchev–Trinajstić information content (AvgIpc) is 2.56. The van der Waals surface area contributed by atoms with E-state index in [0.29, 0.717) is 17.7 Å². The van der Waals surface area contributed by atoms with Crippen LogP contribution in [0.4, 0.5) is 0 Å². The summed E-state index contributed by atoms with van der Waals surface area (Å²) in [5.41, 5.74) is 0.435. The summed E-state index contributed by atoms with van der Waals surface area (Å²) in [7, 11) is -4.35. The van der Waals surface area contributed by atoms with Crippen molar-refractivity contribution in [1.82, 2.24) is 0 Å². The molecule has 0 bridgehead atoms. The van der Waals surface area contributed by atoms with Gasteiger partial charge in [0.2, 0.25) is 0 Å². The number of phenolic OH excluding ortho intramolecular Hbond substituents is 1. The van der Waals surface area contributed by atoms with Gasteiger partial charge < -0.3 is 9.84 Å². The van der Waals surface area contributed by atoms with E-state index >= 15 is 0 Å². The van der Waals surface area contributed by atoms with E-state index in [-0.39, 0.29) is 16.4 Å². The zero-order valence-corrected chi connectivity index (χ0v) is 15.1. The van der Waals surface area contributed by atoms with Gasteiger partial charge in [-0.1, -0.05) is 50.8 Å². The van der Waals surface area contributed by atoms with E-state index in [9.17, 15) is 18.1 Å². The van der Waals surface area contributed by atoms with Crippen LogP contribution in [0.2, 0.25) is 0 Å². The van der Waals surface area contributed by atoms with Crippen LogP contribution in [-0.4, -0.2) is 18.1 Å². The molecule has 0 fully saturated rings. The summed E-state index contributed by atoms with van der Waals surface area (Å²) >= 11 is 0. The minimum atomic E-state index is -4.35. The van der Waals surface area contributed by atoms with Crippen LogP contribution >= 0.6 is 0 Å². The molecule has 2 N–H and O–H groups in total. The van der Waals surface area contributed by atoms with Crippen molar-refractivity contribution in [2.45, 2.75) is 50.3 Å². The minimum Gasteiger partial charge on any atom is -0.504 e. The molecule has 0 spiro atoms. The third-order valence-electron chi connectivity index (χ3n) is 3.98. The first-order chi connectivity index (χ1) is 11.9. The Balaban J connectivity index is 2.30. The molecule has 0 saturated heterocycles. The molecule has 0 aliphatic heterocycles. The van der Waals surface area contributed by atoms with Crippen LogP contribution in [-0.2, 0) is 16.5 Å². The zero-order valence-electron chi connectivity index (χ0n) is 14.3. The Morgan fingerprint density at radius 2 is 1.60 bits per heavy atom. The average molecular weight is 364 g/mol. The quantitative estimate of drug-likeness (QED) is 0.486. The Labute approximate surface area is 149 Å². The summed E-state index contributed by atoms with van der Waals surface area (Å²) in [6.45, 7) is 2.13. The summed E-state index contributed by atoms with van der Waals surface area (Å²) in [5, 5.41) is 9.87. The first-order valence-corrected chi connectivity index (χ1v) is 9.92. The van der Waals surface area contributed by atoms with E-state index in [1.54, 1.807) is 24.3 Å². The lowest BCUT2D eigenvalue weighted by Crippen LogP contribution is -2.05. The summed E-state index contributed by atoms with van der Waals surface area (Å²) in [6, 6.07) is 11.0. The van der Waals surface area contributed by atoms with Crippen LogP contribution in [0.15, 0.2) is 47.4 Å². The summed E-state index contributed by atoms with van der Waals surface area (Å²) < 4.78 is 38.7. The van der Waals surface area contributed by atoms with Gasteiger partial charge in [0.05, 0.1) is 0 Å². The van der Waals surface area contributed by atoms with Crippen molar-refractivity contribution in [3.63, 3.8) is 0 Å². The zero-order chi connectivity index (χ0) is 18.3. The number of hydrogen-bond donors (Lipinski definition) is 2. The molecule has 25 heavy (non-hydrogen) atoms. The highest BCUT2D eigenvalue weighted by atomic mass is 32.2. The van der Waals surface area contributed by atoms with E-state index < -0.39 is 10.1 Å². The smallest absolute Gasteiger partial charge is 0.294 e. The molecule has 5 nitrogen and oxygen atoms in total. The Kier molecular flexibility index (Phi) is 6.84. The molecular weight excluding hydrogens is 340 g/mol. The van der Waals surface area contributed by atoms with E-state index in [2.05, 4.69) is 6.92 Å². The maximum Gasteiger partial charge on any atom is 0.294 e. The molecule has 0 unspecified atom stereocenters. The Bertz CT molecular complexity index is 799. The molecule has 2 aromatic rings. The number of hydrogen-bond acceptors (Lipinski definition) is 4. The SMILES string of the molecule is CCCCCCCc1c(Oc2ccccc2O)cccc1S(=O)(=O)O. The highest BCUT2D eigenvalue weighted by Crippen LogP contribution is 2.35. The fourth-order valence-electron chi connectivity index (χ4n) is 2.70. The first kappa shape index (κ1) is 19.3. The number of ether oxygens (including phenoxy) is 1. The molecule has 0 heterocycles. The van der Waals surface area contributed by atoms with Crippen molar-refractivity contribution in [2.24, 2.45) is 0 Å². The molecule has 6 heteroatoms. The monoisotopic (exact) mass is 364 g/mol. The molecule has 2 aromatic carbocycles. The normalized spacial score (nSPS) is 11.4. The molecule has 0 radical (unpaired) electrons. The second-order valence-electron chi connectivity index (χ2n) is 5.94. The van der Waals surface area contributed by atoms with Crippen molar-refractivity contribution in [1.29, 1.82) is 0 Å². The number of rotatable bonds is 9. The third-order valence-corrected chi connectivity index (χ3v) is 4.92. The van der Waals surface area contributed by atoms with E-state index in [1.807, 2.05) is 0 Å². The molecule has 0 atom stereocenters. The Morgan fingerprint density at radius 3 is 2.28 bits per heavy atom. The van der Waals surface area contributed by atoms with Gasteiger partial charge in [-0.05, 0) is 37.1 Å². The highest BCUT2D eigenvalue weighted by Gasteiger charge is 2.19. The van der Waals surface area contributed by atoms with Crippen LogP contribution in [0.1, 0.15) is 44.6 Å². The summed E-state index contributed by atoms with van der Waals surface area (Å²) in [4.78, 5) is -0.143. The van der Waals surface area contributed by atoms with Gasteiger partial charge in [-0.2, -0.15) is 8.42 Å². The van der Waals surface area contributed by atoms with E-state index in [0.717, 1.165) is 32.1 Å². The second-order valence-corrected chi connectivity index (χ2v) is 7.33. The molecule has 0 aliphatic rings. The fourth-order valence-corrected chi connectivity index (χ4v) is 3.46. The number of benzene rings is 2. The van der Waals surface area contributed by atoms with Gasteiger partial charge in [-0.25, -0.2) is 0 Å². The van der Waals surface area contributed by atoms with Crippen molar-refractivity contribution in [2.75, 3.05) is 0 Å². The number of unbranched alkanes of at least 4 members (excludes halogenated alkanes) is 4. The Morgan fingerprint density at radius 1 is 0.920 bits per heavy atom. The predicted molar refractivity (Wildman–Crippen MR) is 96.9 cm³/mol. The fraction of sp³-hybridized carbons (Fsp3) is 0.368. The maximum atomic E-state index is 11.7. The van der Waals surface area contributed by atoms with E-state index in [4.69, 9.17) is 4.74 Å². The molecule has 136 valence electrons. The van der Waals surface area contributed by atoms with Crippen LogP contribution in [0.5, 0.6) is 17.2 Å². The van der Waals surface area contributed by atoms with Gasteiger partial charge in [0.25, 0.3) is 10.1 Å².